The van der Waals surface area contributed by atoms with Gasteiger partial charge in [0.25, 0.3) is 5.91 Å². The zero-order valence-corrected chi connectivity index (χ0v) is 20.3. The van der Waals surface area contributed by atoms with E-state index < -0.39 is 23.3 Å². The van der Waals surface area contributed by atoms with Gasteiger partial charge in [-0.1, -0.05) is 30.3 Å². The quantitative estimate of drug-likeness (QED) is 0.318. The average molecular weight is 507 g/mol. The molecule has 3 heterocycles. The molecule has 2 N–H and O–H groups in total. The van der Waals surface area contributed by atoms with Gasteiger partial charge in [-0.05, 0) is 59.7 Å². The number of rotatable bonds is 7. The smallest absolute Gasteiger partial charge is 0.359 e. The molecule has 0 unspecified atom stereocenters. The maximum Gasteiger partial charge on any atom is 0.435 e. The Morgan fingerprint density at radius 3 is 2.27 bits per heavy atom. The molecule has 10 heteroatoms. The van der Waals surface area contributed by atoms with Crippen LogP contribution in [0.5, 0.6) is 0 Å². The molecular formula is C27H25F3N6O. The first kappa shape index (κ1) is 24.4. The lowest BCUT2D eigenvalue weighted by Crippen LogP contribution is -2.25. The monoisotopic (exact) mass is 506 g/mol. The number of nitrogens with zero attached hydrogens (tertiary/aromatic N) is 4. The molecule has 7 nitrogen and oxygen atoms in total. The molecule has 0 fully saturated rings. The third kappa shape index (κ3) is 5.58. The van der Waals surface area contributed by atoms with Crippen LogP contribution in [0.1, 0.15) is 44.0 Å². The van der Waals surface area contributed by atoms with E-state index >= 15 is 0 Å². The molecule has 0 bridgehead atoms. The van der Waals surface area contributed by atoms with Gasteiger partial charge in [-0.25, -0.2) is 0 Å². The third-order valence-corrected chi connectivity index (χ3v) is 6.02. The molecule has 37 heavy (non-hydrogen) atoms. The van der Waals surface area contributed by atoms with Gasteiger partial charge in [-0.3, -0.25) is 14.2 Å². The van der Waals surface area contributed by atoms with Crippen LogP contribution in [0.3, 0.4) is 0 Å². The van der Waals surface area contributed by atoms with Crippen molar-refractivity contribution >= 4 is 16.8 Å². The summed E-state index contributed by atoms with van der Waals surface area (Å²) >= 11 is 0. The molecule has 0 atom stereocenters. The van der Waals surface area contributed by atoms with Crippen LogP contribution in [0.25, 0.3) is 10.9 Å². The van der Waals surface area contributed by atoms with Gasteiger partial charge >= 0.3 is 6.18 Å². The van der Waals surface area contributed by atoms with Crippen LogP contribution in [-0.4, -0.2) is 30.5 Å². The number of carbonyl (C=O) groups is 1. The summed E-state index contributed by atoms with van der Waals surface area (Å²) in [6.45, 7) is 4.69. The molecule has 0 aliphatic heterocycles. The Morgan fingerprint density at radius 2 is 1.62 bits per heavy atom. The molecule has 5 rings (SSSR count). The van der Waals surface area contributed by atoms with E-state index in [1.165, 1.54) is 0 Å². The molecule has 190 valence electrons. The lowest BCUT2D eigenvalue weighted by molar-refractivity contribution is -0.141. The fraction of sp³-hybridized carbons (Fsp3) is 0.222. The van der Waals surface area contributed by atoms with Gasteiger partial charge in [-0.15, -0.1) is 0 Å². The lowest BCUT2D eigenvalue weighted by Gasteiger charge is -2.07. The molecule has 0 aliphatic rings. The highest BCUT2D eigenvalue weighted by Gasteiger charge is 2.39. The number of aromatic amines is 1. The number of hydrogen-bond donors (Lipinski definition) is 2. The Labute approximate surface area is 210 Å². The first-order chi connectivity index (χ1) is 17.6. The van der Waals surface area contributed by atoms with E-state index in [1.54, 1.807) is 6.20 Å². The normalized spacial score (nSPS) is 11.8. The Balaban J connectivity index is 1.29. The van der Waals surface area contributed by atoms with Gasteiger partial charge in [-0.2, -0.15) is 23.4 Å². The Bertz CT molecular complexity index is 1560. The van der Waals surface area contributed by atoms with Crippen molar-refractivity contribution in [1.82, 2.24) is 29.9 Å². The van der Waals surface area contributed by atoms with Gasteiger partial charge in [0.2, 0.25) is 0 Å². The van der Waals surface area contributed by atoms with Gasteiger partial charge in [0.05, 0.1) is 24.8 Å². The largest absolute Gasteiger partial charge is 0.435 e. The number of amides is 1. The average Bonchev–Trinajstić information content (AvgIpc) is 3.55. The van der Waals surface area contributed by atoms with Crippen LogP contribution in [-0.2, 0) is 25.8 Å². The first-order valence-electron chi connectivity index (χ1n) is 11.7. The predicted molar refractivity (Wildman–Crippen MR) is 133 cm³/mol. The minimum Gasteiger partial charge on any atom is -0.359 e. The fourth-order valence-electron chi connectivity index (χ4n) is 4.27. The molecule has 2 aromatic carbocycles. The fourth-order valence-corrected chi connectivity index (χ4v) is 4.27. The Hall–Kier alpha value is -4.34. The summed E-state index contributed by atoms with van der Waals surface area (Å²) in [5.74, 6) is -0.825. The maximum atomic E-state index is 13.7. The summed E-state index contributed by atoms with van der Waals surface area (Å²) in [6, 6.07) is 15.0. The summed E-state index contributed by atoms with van der Waals surface area (Å²) in [5.41, 5.74) is 3.87. The molecule has 0 spiro atoms. The first-order valence-corrected chi connectivity index (χ1v) is 11.7. The number of nitrogens with one attached hydrogen (secondary N) is 2. The van der Waals surface area contributed by atoms with Gasteiger partial charge < -0.3 is 10.3 Å². The van der Waals surface area contributed by atoms with E-state index in [-0.39, 0.29) is 13.1 Å². The van der Waals surface area contributed by atoms with Gasteiger partial charge in [0, 0.05) is 30.1 Å². The Morgan fingerprint density at radius 1 is 0.946 bits per heavy atom. The van der Waals surface area contributed by atoms with Crippen molar-refractivity contribution in [3.05, 3.63) is 106 Å². The van der Waals surface area contributed by atoms with Crippen molar-refractivity contribution in [2.45, 2.75) is 39.7 Å². The number of halogens is 3. The minimum atomic E-state index is -4.76. The zero-order chi connectivity index (χ0) is 26.2. The molecular weight excluding hydrogens is 481 g/mol. The van der Waals surface area contributed by atoms with Crippen molar-refractivity contribution in [2.75, 3.05) is 0 Å². The van der Waals surface area contributed by atoms with Crippen LogP contribution >= 0.6 is 0 Å². The van der Waals surface area contributed by atoms with Crippen LogP contribution in [0.2, 0.25) is 0 Å². The van der Waals surface area contributed by atoms with Crippen molar-refractivity contribution in [2.24, 2.45) is 0 Å². The maximum absolute atomic E-state index is 13.7. The highest BCUT2D eigenvalue weighted by Crippen LogP contribution is 2.31. The lowest BCUT2D eigenvalue weighted by atomic mass is 10.1. The van der Waals surface area contributed by atoms with Crippen molar-refractivity contribution < 1.29 is 18.0 Å². The summed E-state index contributed by atoms with van der Waals surface area (Å²) in [6.07, 6.45) is 0.102. The molecule has 0 radical (unpaired) electrons. The second kappa shape index (κ2) is 9.61. The number of H-pyrrole nitrogens is 1. The summed E-state index contributed by atoms with van der Waals surface area (Å²) in [4.78, 5) is 16.0. The van der Waals surface area contributed by atoms with Gasteiger partial charge in [0.15, 0.2) is 5.69 Å². The SMILES string of the molecule is Cc1cnn(Cc2ccc(Cn3cc(C(=O)NCc4ccc5[nH]c(C)cc5c4)c(C(F)(F)F)n3)cc2)c1. The second-order valence-corrected chi connectivity index (χ2v) is 9.18. The van der Waals surface area contributed by atoms with E-state index in [1.807, 2.05) is 73.3 Å². The number of alkyl halides is 3. The molecule has 1 amide bonds. The van der Waals surface area contributed by atoms with Gasteiger partial charge in [0.1, 0.15) is 0 Å². The number of fused-ring (bicyclic) bond motifs is 1. The standard InChI is InChI=1S/C27H25F3N6O/c1-17-11-32-35(13-17)14-19-3-5-20(6-4-19)15-36-16-23(25(34-36)27(28,29)30)26(37)31-12-21-7-8-24-22(10-21)9-18(2)33-24/h3-11,13,16,33H,12,14-15H2,1-2H3,(H,31,37). The van der Waals surface area contributed by atoms with Crippen molar-refractivity contribution in [3.8, 4) is 0 Å². The highest BCUT2D eigenvalue weighted by molar-refractivity contribution is 5.95. The molecule has 3 aromatic heterocycles. The number of aryl methyl sites for hydroxylation is 2. The number of hydrogen-bond acceptors (Lipinski definition) is 3. The zero-order valence-electron chi connectivity index (χ0n) is 20.3. The van der Waals surface area contributed by atoms with Crippen LogP contribution < -0.4 is 5.32 Å². The summed E-state index contributed by atoms with van der Waals surface area (Å²) < 4.78 is 44.1. The number of aromatic nitrogens is 5. The molecule has 0 saturated carbocycles. The van der Waals surface area contributed by atoms with Crippen LogP contribution in [0, 0.1) is 13.8 Å². The number of carbonyl (C=O) groups excluding carboxylic acids is 1. The molecule has 5 aromatic rings. The number of benzene rings is 2. The minimum absolute atomic E-state index is 0.0959. The summed E-state index contributed by atoms with van der Waals surface area (Å²) in [7, 11) is 0. The molecule has 0 saturated heterocycles. The van der Waals surface area contributed by atoms with Crippen LogP contribution in [0.4, 0.5) is 13.2 Å². The molecule has 0 aliphatic carbocycles. The second-order valence-electron chi connectivity index (χ2n) is 9.18. The van der Waals surface area contributed by atoms with E-state index in [0.29, 0.717) is 6.54 Å². The topological polar surface area (TPSA) is 80.5 Å². The van der Waals surface area contributed by atoms with Crippen LogP contribution in [0.15, 0.2) is 67.1 Å². The van der Waals surface area contributed by atoms with Crippen molar-refractivity contribution in [1.29, 1.82) is 0 Å². The third-order valence-electron chi connectivity index (χ3n) is 6.02. The van der Waals surface area contributed by atoms with E-state index in [0.717, 1.165) is 49.7 Å². The predicted octanol–water partition coefficient (Wildman–Crippen LogP) is 5.22. The van der Waals surface area contributed by atoms with E-state index in [2.05, 4.69) is 20.5 Å². The highest BCUT2D eigenvalue weighted by atomic mass is 19.4. The van der Waals surface area contributed by atoms with Crippen molar-refractivity contribution in [3.63, 3.8) is 0 Å². The van der Waals surface area contributed by atoms with E-state index in [9.17, 15) is 18.0 Å². The summed E-state index contributed by atoms with van der Waals surface area (Å²) in [5, 5.41) is 11.5. The Kier molecular flexibility index (Phi) is 6.32. The van der Waals surface area contributed by atoms with E-state index in [4.69, 9.17) is 0 Å².